The van der Waals surface area contributed by atoms with Gasteiger partial charge in [-0.05, 0) is 40.0 Å². The van der Waals surface area contributed by atoms with Crippen molar-refractivity contribution in [2.24, 2.45) is 9.81 Å². The number of hydrogen-bond acceptors (Lipinski definition) is 1. The quantitative estimate of drug-likeness (QED) is 0.450. The molecule has 0 aromatic heterocycles. The Morgan fingerprint density at radius 2 is 1.31 bits per heavy atom. The van der Waals surface area contributed by atoms with Crippen molar-refractivity contribution in [3.05, 3.63) is 64.7 Å². The standard InChI is InChI=1S/C26H37NOS/c1-17(2)21-15-22(18(3)4)24(23(16-21)19(5)6)29(28)27-25(26(7,8)9)20-13-11-10-12-14-20/h10-19H,1-9H3/b27-25-. The lowest BCUT2D eigenvalue weighted by Crippen LogP contribution is -2.22. The van der Waals surface area contributed by atoms with Gasteiger partial charge in [-0.25, -0.2) is 4.21 Å². The van der Waals surface area contributed by atoms with Crippen LogP contribution in [0.4, 0.5) is 0 Å². The van der Waals surface area contributed by atoms with Gasteiger partial charge in [0, 0.05) is 5.41 Å². The molecule has 29 heavy (non-hydrogen) atoms. The van der Waals surface area contributed by atoms with Gasteiger partial charge in [0.1, 0.15) is 0 Å². The van der Waals surface area contributed by atoms with E-state index in [4.69, 9.17) is 4.40 Å². The molecule has 1 atom stereocenters. The lowest BCUT2D eigenvalue weighted by Gasteiger charge is -2.24. The molecule has 2 aromatic carbocycles. The molecular formula is C26H37NOS. The lowest BCUT2D eigenvalue weighted by molar-refractivity contribution is 0.592. The van der Waals surface area contributed by atoms with Gasteiger partial charge in [-0.1, -0.05) is 105 Å². The molecular weight excluding hydrogens is 374 g/mol. The van der Waals surface area contributed by atoms with Gasteiger partial charge in [0.2, 0.25) is 0 Å². The van der Waals surface area contributed by atoms with Crippen molar-refractivity contribution in [3.63, 3.8) is 0 Å². The zero-order chi connectivity index (χ0) is 21.9. The van der Waals surface area contributed by atoms with Crippen LogP contribution in [-0.4, -0.2) is 9.92 Å². The van der Waals surface area contributed by atoms with Gasteiger partial charge in [0.15, 0.2) is 11.0 Å². The second-order valence-corrected chi connectivity index (χ2v) is 10.9. The summed E-state index contributed by atoms with van der Waals surface area (Å²) in [5.41, 5.74) is 5.33. The smallest absolute Gasteiger partial charge is 0.173 e. The third-order valence-electron chi connectivity index (χ3n) is 5.19. The van der Waals surface area contributed by atoms with E-state index in [1.54, 1.807) is 0 Å². The predicted molar refractivity (Wildman–Crippen MR) is 128 cm³/mol. The second-order valence-electron chi connectivity index (χ2n) is 9.80. The maximum Gasteiger partial charge on any atom is 0.173 e. The lowest BCUT2D eigenvalue weighted by atomic mass is 9.86. The molecule has 1 unspecified atom stereocenters. The average molecular weight is 412 g/mol. The van der Waals surface area contributed by atoms with Gasteiger partial charge >= 0.3 is 0 Å². The number of benzene rings is 2. The van der Waals surface area contributed by atoms with E-state index in [0.717, 1.165) is 27.3 Å². The van der Waals surface area contributed by atoms with E-state index in [1.165, 1.54) is 5.56 Å². The van der Waals surface area contributed by atoms with Crippen molar-refractivity contribution in [1.82, 2.24) is 0 Å². The summed E-state index contributed by atoms with van der Waals surface area (Å²) >= 11 is 0. The van der Waals surface area contributed by atoms with Crippen molar-refractivity contribution >= 4 is 16.7 Å². The zero-order valence-electron chi connectivity index (χ0n) is 19.5. The highest BCUT2D eigenvalue weighted by Gasteiger charge is 2.25. The van der Waals surface area contributed by atoms with Gasteiger partial charge in [0.25, 0.3) is 0 Å². The minimum atomic E-state index is -1.46. The fourth-order valence-electron chi connectivity index (χ4n) is 3.44. The van der Waals surface area contributed by atoms with E-state index in [0.29, 0.717) is 5.92 Å². The van der Waals surface area contributed by atoms with Gasteiger partial charge in [-0.3, -0.25) is 0 Å². The third kappa shape index (κ3) is 5.66. The molecule has 2 nitrogen and oxygen atoms in total. The Bertz CT molecular complexity index is 858. The first-order valence-corrected chi connectivity index (χ1v) is 11.8. The SMILES string of the molecule is CC(C)c1cc(C(C)C)c(S(=O)/N=C(/c2ccccc2)C(C)(C)C)c(C(C)C)c1. The fourth-order valence-corrected chi connectivity index (χ4v) is 5.07. The van der Waals surface area contributed by atoms with Crippen LogP contribution >= 0.6 is 0 Å². The van der Waals surface area contributed by atoms with E-state index in [2.05, 4.69) is 86.6 Å². The van der Waals surface area contributed by atoms with Crippen LogP contribution in [-0.2, 0) is 11.0 Å². The Hall–Kier alpha value is -1.74. The van der Waals surface area contributed by atoms with Crippen molar-refractivity contribution in [2.45, 2.75) is 85.0 Å². The first kappa shape index (κ1) is 23.5. The topological polar surface area (TPSA) is 29.4 Å². The molecule has 2 rings (SSSR count). The summed E-state index contributed by atoms with van der Waals surface area (Å²) in [4.78, 5) is 0.900. The number of nitrogens with zero attached hydrogens (tertiary/aromatic N) is 1. The molecule has 0 N–H and O–H groups in total. The van der Waals surface area contributed by atoms with Crippen LogP contribution in [0.5, 0.6) is 0 Å². The highest BCUT2D eigenvalue weighted by Crippen LogP contribution is 2.35. The summed E-state index contributed by atoms with van der Waals surface area (Å²) in [6.45, 7) is 19.5. The Labute approximate surface area is 180 Å². The van der Waals surface area contributed by atoms with E-state index < -0.39 is 11.0 Å². The number of rotatable bonds is 6. The molecule has 0 aliphatic carbocycles. The van der Waals surface area contributed by atoms with Crippen molar-refractivity contribution in [2.75, 3.05) is 0 Å². The van der Waals surface area contributed by atoms with Gasteiger partial charge in [-0.2, -0.15) is 4.40 Å². The van der Waals surface area contributed by atoms with E-state index in [1.807, 2.05) is 18.2 Å². The molecule has 2 aromatic rings. The molecule has 0 saturated heterocycles. The largest absolute Gasteiger partial charge is 0.229 e. The minimum Gasteiger partial charge on any atom is -0.229 e. The van der Waals surface area contributed by atoms with Crippen LogP contribution in [0.1, 0.15) is 102 Å². The highest BCUT2D eigenvalue weighted by molar-refractivity contribution is 7.84. The van der Waals surface area contributed by atoms with Crippen LogP contribution in [0.2, 0.25) is 0 Å². The normalized spacial score (nSPS) is 14.1. The van der Waals surface area contributed by atoms with Gasteiger partial charge in [0.05, 0.1) is 10.6 Å². The van der Waals surface area contributed by atoms with Gasteiger partial charge in [-0.15, -0.1) is 0 Å². The fraction of sp³-hybridized carbons (Fsp3) is 0.500. The van der Waals surface area contributed by atoms with E-state index in [9.17, 15) is 4.21 Å². The minimum absolute atomic E-state index is 0.203. The molecule has 0 aliphatic heterocycles. The van der Waals surface area contributed by atoms with Crippen LogP contribution in [0, 0.1) is 5.41 Å². The molecule has 0 fully saturated rings. The van der Waals surface area contributed by atoms with Gasteiger partial charge < -0.3 is 0 Å². The molecule has 158 valence electrons. The Kier molecular flexibility index (Phi) is 7.62. The maximum atomic E-state index is 13.7. The molecule has 0 bridgehead atoms. The molecule has 3 heteroatoms. The monoisotopic (exact) mass is 411 g/mol. The molecule has 0 radical (unpaired) electrons. The molecule has 0 heterocycles. The predicted octanol–water partition coefficient (Wildman–Crippen LogP) is 7.61. The molecule has 0 spiro atoms. The summed E-state index contributed by atoms with van der Waals surface area (Å²) in [6.07, 6.45) is 0. The van der Waals surface area contributed by atoms with Crippen molar-refractivity contribution < 1.29 is 4.21 Å². The maximum absolute atomic E-state index is 13.7. The molecule has 0 saturated carbocycles. The zero-order valence-corrected chi connectivity index (χ0v) is 20.4. The summed E-state index contributed by atoms with van der Waals surface area (Å²) in [7, 11) is -1.46. The highest BCUT2D eigenvalue weighted by atomic mass is 32.2. The Morgan fingerprint density at radius 1 is 0.828 bits per heavy atom. The first-order chi connectivity index (χ1) is 13.4. The molecule has 0 amide bonds. The van der Waals surface area contributed by atoms with Crippen LogP contribution < -0.4 is 0 Å². The second kappa shape index (κ2) is 9.38. The summed E-state index contributed by atoms with van der Waals surface area (Å²) in [5, 5.41) is 0. The summed E-state index contributed by atoms with van der Waals surface area (Å²) in [6, 6.07) is 14.6. The van der Waals surface area contributed by atoms with Crippen LogP contribution in [0.15, 0.2) is 51.8 Å². The van der Waals surface area contributed by atoms with E-state index >= 15 is 0 Å². The third-order valence-corrected chi connectivity index (χ3v) is 6.35. The summed E-state index contributed by atoms with van der Waals surface area (Å²) < 4.78 is 18.6. The van der Waals surface area contributed by atoms with Crippen LogP contribution in [0.25, 0.3) is 0 Å². The van der Waals surface area contributed by atoms with Crippen molar-refractivity contribution in [3.8, 4) is 0 Å². The first-order valence-electron chi connectivity index (χ1n) is 10.7. The van der Waals surface area contributed by atoms with Crippen molar-refractivity contribution in [1.29, 1.82) is 0 Å². The Balaban J connectivity index is 2.74. The van der Waals surface area contributed by atoms with E-state index in [-0.39, 0.29) is 17.3 Å². The van der Waals surface area contributed by atoms with Crippen LogP contribution in [0.3, 0.4) is 0 Å². The number of hydrogen-bond donors (Lipinski definition) is 0. The molecule has 0 aliphatic rings. The average Bonchev–Trinajstić information content (AvgIpc) is 2.64. The summed E-state index contributed by atoms with van der Waals surface area (Å²) in [5.74, 6) is 1.01. The Morgan fingerprint density at radius 3 is 1.69 bits per heavy atom.